The van der Waals surface area contributed by atoms with Gasteiger partial charge in [-0.2, -0.15) is 0 Å². The van der Waals surface area contributed by atoms with Gasteiger partial charge < -0.3 is 5.11 Å². The second-order valence-corrected chi connectivity index (χ2v) is 2.79. The van der Waals surface area contributed by atoms with Crippen LogP contribution in [0.1, 0.15) is 11.1 Å². The van der Waals surface area contributed by atoms with Gasteiger partial charge in [-0.05, 0) is 30.7 Å². The topological polar surface area (TPSA) is 37.3 Å². The number of carboxylic acids is 1. The van der Waals surface area contributed by atoms with Gasteiger partial charge in [-0.15, -0.1) is 0 Å². The lowest BCUT2D eigenvalue weighted by molar-refractivity contribution is -0.131. The van der Waals surface area contributed by atoms with Crippen molar-refractivity contribution in [1.29, 1.82) is 0 Å². The summed E-state index contributed by atoms with van der Waals surface area (Å²) in [5.74, 6) is -2.40. The quantitative estimate of drug-likeness (QED) is 0.740. The molecule has 1 N–H and O–H groups in total. The van der Waals surface area contributed by atoms with Gasteiger partial charge in [-0.3, -0.25) is 0 Å². The Balaban J connectivity index is 3.10. The SMILES string of the molecule is Cc1cc(F)c(/C=C/C(=O)O)cc1F. The number of rotatable bonds is 2. The van der Waals surface area contributed by atoms with Crippen LogP contribution in [0.5, 0.6) is 0 Å². The van der Waals surface area contributed by atoms with E-state index in [1.54, 1.807) is 0 Å². The van der Waals surface area contributed by atoms with Crippen molar-refractivity contribution in [1.82, 2.24) is 0 Å². The molecule has 0 aromatic heterocycles. The van der Waals surface area contributed by atoms with Crippen LogP contribution >= 0.6 is 0 Å². The number of hydrogen-bond donors (Lipinski definition) is 1. The van der Waals surface area contributed by atoms with Crippen LogP contribution < -0.4 is 0 Å². The van der Waals surface area contributed by atoms with E-state index in [4.69, 9.17) is 5.11 Å². The highest BCUT2D eigenvalue weighted by Gasteiger charge is 2.04. The molecule has 0 heterocycles. The average molecular weight is 198 g/mol. The third-order valence-electron chi connectivity index (χ3n) is 1.68. The summed E-state index contributed by atoms with van der Waals surface area (Å²) in [5.41, 5.74) is 0.116. The molecule has 0 bridgehead atoms. The molecule has 0 saturated carbocycles. The van der Waals surface area contributed by atoms with Gasteiger partial charge in [0.25, 0.3) is 0 Å². The zero-order chi connectivity index (χ0) is 10.7. The van der Waals surface area contributed by atoms with Gasteiger partial charge in [-0.1, -0.05) is 0 Å². The first kappa shape index (κ1) is 10.4. The minimum atomic E-state index is -1.20. The molecule has 0 spiro atoms. The number of aliphatic carboxylic acids is 1. The standard InChI is InChI=1S/C10H8F2O2/c1-6-4-9(12)7(5-8(6)11)2-3-10(13)14/h2-5H,1H3,(H,13,14)/b3-2+. The third kappa shape index (κ3) is 2.39. The summed E-state index contributed by atoms with van der Waals surface area (Å²) in [6.45, 7) is 1.43. The Hall–Kier alpha value is -1.71. The molecule has 0 aliphatic heterocycles. The predicted molar refractivity (Wildman–Crippen MR) is 47.8 cm³/mol. The number of carboxylic acid groups (broad SMARTS) is 1. The molecule has 0 aliphatic rings. The summed E-state index contributed by atoms with van der Waals surface area (Å²) in [7, 11) is 0. The van der Waals surface area contributed by atoms with Crippen molar-refractivity contribution < 1.29 is 18.7 Å². The lowest BCUT2D eigenvalue weighted by atomic mass is 10.1. The highest BCUT2D eigenvalue weighted by molar-refractivity contribution is 5.85. The van der Waals surface area contributed by atoms with Crippen LogP contribution in [-0.2, 0) is 4.79 Å². The first-order valence-electron chi connectivity index (χ1n) is 3.87. The van der Waals surface area contributed by atoms with Crippen molar-refractivity contribution in [2.45, 2.75) is 6.92 Å². The first-order chi connectivity index (χ1) is 6.50. The maximum Gasteiger partial charge on any atom is 0.328 e. The van der Waals surface area contributed by atoms with Crippen molar-refractivity contribution in [3.05, 3.63) is 41.0 Å². The second kappa shape index (κ2) is 4.00. The fourth-order valence-corrected chi connectivity index (χ4v) is 0.950. The van der Waals surface area contributed by atoms with Crippen LogP contribution in [0.4, 0.5) is 8.78 Å². The van der Waals surface area contributed by atoms with Crippen molar-refractivity contribution in [3.63, 3.8) is 0 Å². The molecule has 0 aliphatic carbocycles. The van der Waals surface area contributed by atoms with Gasteiger partial charge in [0, 0.05) is 11.6 Å². The van der Waals surface area contributed by atoms with Crippen molar-refractivity contribution in [2.75, 3.05) is 0 Å². The fourth-order valence-electron chi connectivity index (χ4n) is 0.950. The molecule has 14 heavy (non-hydrogen) atoms. The Labute approximate surface area is 79.5 Å². The van der Waals surface area contributed by atoms with Gasteiger partial charge in [0.15, 0.2) is 0 Å². The lowest BCUT2D eigenvalue weighted by Gasteiger charge is -1.99. The molecule has 0 atom stereocenters. The van der Waals surface area contributed by atoms with Crippen LogP contribution in [-0.4, -0.2) is 11.1 Å². The molecule has 1 rings (SSSR count). The number of benzene rings is 1. The molecule has 0 saturated heterocycles. The van der Waals surface area contributed by atoms with Crippen LogP contribution in [0.25, 0.3) is 6.08 Å². The van der Waals surface area contributed by atoms with Crippen molar-refractivity contribution in [3.8, 4) is 0 Å². The van der Waals surface area contributed by atoms with Gasteiger partial charge >= 0.3 is 5.97 Å². The average Bonchev–Trinajstić information content (AvgIpc) is 2.09. The van der Waals surface area contributed by atoms with Crippen molar-refractivity contribution in [2.24, 2.45) is 0 Å². The van der Waals surface area contributed by atoms with Crippen LogP contribution in [0.2, 0.25) is 0 Å². The Kier molecular flexibility index (Phi) is 2.96. The van der Waals surface area contributed by atoms with Crippen LogP contribution in [0.15, 0.2) is 18.2 Å². The van der Waals surface area contributed by atoms with Crippen LogP contribution in [0.3, 0.4) is 0 Å². The van der Waals surface area contributed by atoms with Gasteiger partial charge in [0.05, 0.1) is 0 Å². The van der Waals surface area contributed by atoms with E-state index in [-0.39, 0.29) is 11.1 Å². The third-order valence-corrected chi connectivity index (χ3v) is 1.68. The minimum absolute atomic E-state index is 0.0736. The van der Waals surface area contributed by atoms with E-state index < -0.39 is 17.6 Å². The maximum absolute atomic E-state index is 13.1. The maximum atomic E-state index is 13.1. The monoisotopic (exact) mass is 198 g/mol. The highest BCUT2D eigenvalue weighted by Crippen LogP contribution is 2.15. The number of aryl methyl sites for hydroxylation is 1. The minimum Gasteiger partial charge on any atom is -0.478 e. The van der Waals surface area contributed by atoms with E-state index in [0.29, 0.717) is 0 Å². The predicted octanol–water partition coefficient (Wildman–Crippen LogP) is 2.37. The zero-order valence-corrected chi connectivity index (χ0v) is 7.42. The molecule has 2 nitrogen and oxygen atoms in total. The largest absolute Gasteiger partial charge is 0.478 e. The molecule has 74 valence electrons. The zero-order valence-electron chi connectivity index (χ0n) is 7.42. The molecule has 0 amide bonds. The van der Waals surface area contributed by atoms with E-state index in [1.807, 2.05) is 0 Å². The van der Waals surface area contributed by atoms with Crippen LogP contribution in [0, 0.1) is 18.6 Å². The summed E-state index contributed by atoms with van der Waals surface area (Å²) < 4.78 is 26.0. The molecule has 1 aromatic rings. The molecular formula is C10H8F2O2. The lowest BCUT2D eigenvalue weighted by Crippen LogP contribution is -1.91. The Morgan fingerprint density at radius 2 is 2.00 bits per heavy atom. The van der Waals surface area contributed by atoms with Gasteiger partial charge in [0.2, 0.25) is 0 Å². The van der Waals surface area contributed by atoms with Crippen molar-refractivity contribution >= 4 is 12.0 Å². The number of carbonyl (C=O) groups is 1. The molecule has 0 unspecified atom stereocenters. The molecule has 4 heteroatoms. The van der Waals surface area contributed by atoms with E-state index in [0.717, 1.165) is 24.3 Å². The molecule has 0 fully saturated rings. The van der Waals surface area contributed by atoms with E-state index in [2.05, 4.69) is 0 Å². The smallest absolute Gasteiger partial charge is 0.328 e. The Bertz CT molecular complexity index is 397. The summed E-state index contributed by atoms with van der Waals surface area (Å²) >= 11 is 0. The summed E-state index contributed by atoms with van der Waals surface area (Å²) in [5, 5.41) is 8.29. The number of hydrogen-bond acceptors (Lipinski definition) is 1. The first-order valence-corrected chi connectivity index (χ1v) is 3.87. The Morgan fingerprint density at radius 3 is 2.57 bits per heavy atom. The summed E-state index contributed by atoms with van der Waals surface area (Å²) in [4.78, 5) is 10.1. The van der Waals surface area contributed by atoms with E-state index in [1.165, 1.54) is 6.92 Å². The highest BCUT2D eigenvalue weighted by atomic mass is 19.1. The molecular weight excluding hydrogens is 190 g/mol. The summed E-state index contributed by atoms with van der Waals surface area (Å²) in [6, 6.07) is 1.99. The molecule has 0 radical (unpaired) electrons. The molecule has 1 aromatic carbocycles. The van der Waals surface area contributed by atoms with Gasteiger partial charge in [0.1, 0.15) is 11.6 Å². The van der Waals surface area contributed by atoms with E-state index >= 15 is 0 Å². The number of halogens is 2. The Morgan fingerprint density at radius 1 is 1.36 bits per heavy atom. The van der Waals surface area contributed by atoms with E-state index in [9.17, 15) is 13.6 Å². The normalized spacial score (nSPS) is 10.8. The van der Waals surface area contributed by atoms with Gasteiger partial charge in [-0.25, -0.2) is 13.6 Å². The second-order valence-electron chi connectivity index (χ2n) is 2.79. The summed E-state index contributed by atoms with van der Waals surface area (Å²) in [6.07, 6.45) is 1.77. The fraction of sp³-hybridized carbons (Fsp3) is 0.100.